The molecule has 8 nitrogen and oxygen atoms in total. The van der Waals surface area contributed by atoms with E-state index in [1.165, 1.54) is 4.90 Å². The summed E-state index contributed by atoms with van der Waals surface area (Å²) in [6.45, 7) is 2.50. The molecule has 0 unspecified atom stereocenters. The Hall–Kier alpha value is -2.91. The molecule has 4 rings (SSSR count). The van der Waals surface area contributed by atoms with Crippen molar-refractivity contribution in [2.24, 2.45) is 0 Å². The van der Waals surface area contributed by atoms with Crippen LogP contribution >= 0.6 is 0 Å². The number of carbonyl (C=O) groups excluding carboxylic acids is 1. The first-order valence-corrected chi connectivity index (χ1v) is 12.8. The zero-order chi connectivity index (χ0) is 23.6. The maximum atomic E-state index is 13.3. The summed E-state index contributed by atoms with van der Waals surface area (Å²) < 4.78 is 29.3. The van der Waals surface area contributed by atoms with Crippen LogP contribution in [0.1, 0.15) is 52.7 Å². The van der Waals surface area contributed by atoms with Crippen molar-refractivity contribution in [3.05, 3.63) is 58.7 Å². The number of amides is 2. The lowest BCUT2D eigenvalue weighted by molar-refractivity contribution is 0.102. The van der Waals surface area contributed by atoms with Gasteiger partial charge in [-0.1, -0.05) is 18.2 Å². The number of anilines is 1. The SMILES string of the molecule is Cc1ccccc1C(=O)Nc1ccc(S(=O)(=O)NC2CCN(C(=O)O)CC2)c2c1CCCC2. The third-order valence-corrected chi connectivity index (χ3v) is 8.11. The summed E-state index contributed by atoms with van der Waals surface area (Å²) in [5, 5.41) is 12.1. The first-order valence-electron chi connectivity index (χ1n) is 11.3. The van der Waals surface area contributed by atoms with Crippen LogP contribution in [0.25, 0.3) is 0 Å². The monoisotopic (exact) mass is 471 g/mol. The van der Waals surface area contributed by atoms with Crippen LogP contribution in [-0.4, -0.2) is 49.6 Å². The van der Waals surface area contributed by atoms with Crippen LogP contribution in [-0.2, 0) is 22.9 Å². The van der Waals surface area contributed by atoms with Crippen molar-refractivity contribution >= 4 is 27.7 Å². The molecule has 0 radical (unpaired) electrons. The zero-order valence-corrected chi connectivity index (χ0v) is 19.5. The molecule has 2 aromatic carbocycles. The van der Waals surface area contributed by atoms with Crippen LogP contribution in [0.2, 0.25) is 0 Å². The molecule has 2 aliphatic rings. The highest BCUT2D eigenvalue weighted by atomic mass is 32.2. The molecule has 0 saturated carbocycles. The molecular weight excluding hydrogens is 442 g/mol. The van der Waals surface area contributed by atoms with Gasteiger partial charge >= 0.3 is 6.09 Å². The third kappa shape index (κ3) is 5.04. The number of benzene rings is 2. The average molecular weight is 472 g/mol. The summed E-state index contributed by atoms with van der Waals surface area (Å²) in [6.07, 6.45) is 3.08. The van der Waals surface area contributed by atoms with Crippen molar-refractivity contribution in [3.8, 4) is 0 Å². The van der Waals surface area contributed by atoms with Crippen LogP contribution in [0.4, 0.5) is 10.5 Å². The highest BCUT2D eigenvalue weighted by Crippen LogP contribution is 2.33. The molecule has 1 saturated heterocycles. The van der Waals surface area contributed by atoms with Crippen LogP contribution in [0.5, 0.6) is 0 Å². The third-order valence-electron chi connectivity index (χ3n) is 6.51. The Kier molecular flexibility index (Phi) is 6.71. The van der Waals surface area contributed by atoms with E-state index < -0.39 is 16.1 Å². The summed E-state index contributed by atoms with van der Waals surface area (Å²) in [6, 6.07) is 10.3. The molecule has 0 aromatic heterocycles. The Morgan fingerprint density at radius 2 is 1.67 bits per heavy atom. The Labute approximate surface area is 194 Å². The number of aryl methyl sites for hydroxylation is 1. The molecule has 33 heavy (non-hydrogen) atoms. The lowest BCUT2D eigenvalue weighted by Gasteiger charge is -2.31. The maximum Gasteiger partial charge on any atom is 0.407 e. The average Bonchev–Trinajstić information content (AvgIpc) is 2.79. The fourth-order valence-electron chi connectivity index (χ4n) is 4.69. The topological polar surface area (TPSA) is 116 Å². The lowest BCUT2D eigenvalue weighted by atomic mass is 9.90. The number of rotatable bonds is 5. The molecule has 9 heteroatoms. The quantitative estimate of drug-likeness (QED) is 0.617. The van der Waals surface area contributed by atoms with Gasteiger partial charge in [0.2, 0.25) is 10.0 Å². The van der Waals surface area contributed by atoms with Crippen LogP contribution in [0.15, 0.2) is 41.3 Å². The van der Waals surface area contributed by atoms with Gasteiger partial charge in [0.05, 0.1) is 4.90 Å². The van der Waals surface area contributed by atoms with Crippen molar-refractivity contribution in [2.45, 2.75) is 56.4 Å². The Bertz CT molecular complexity index is 1170. The van der Waals surface area contributed by atoms with Gasteiger partial charge in [-0.25, -0.2) is 17.9 Å². The first kappa shape index (κ1) is 23.3. The smallest absolute Gasteiger partial charge is 0.407 e. The number of carboxylic acid groups (broad SMARTS) is 1. The van der Waals surface area contributed by atoms with E-state index in [-0.39, 0.29) is 16.8 Å². The molecule has 0 spiro atoms. The number of piperidine rings is 1. The standard InChI is InChI=1S/C24H29N3O5S/c1-16-6-2-3-7-18(16)23(28)25-21-10-11-22(20-9-5-4-8-19(20)21)33(31,32)26-17-12-14-27(15-13-17)24(29)30/h2-3,6-7,10-11,17,26H,4-5,8-9,12-15H2,1H3,(H,25,28)(H,29,30). The molecule has 0 bridgehead atoms. The van der Waals surface area contributed by atoms with E-state index >= 15 is 0 Å². The Morgan fingerprint density at radius 1 is 1.00 bits per heavy atom. The second-order valence-corrected chi connectivity index (χ2v) is 10.4. The van der Waals surface area contributed by atoms with E-state index in [1.807, 2.05) is 25.1 Å². The van der Waals surface area contributed by atoms with E-state index in [0.717, 1.165) is 29.5 Å². The number of carbonyl (C=O) groups is 2. The summed E-state index contributed by atoms with van der Waals surface area (Å²) in [4.78, 5) is 25.5. The van der Waals surface area contributed by atoms with E-state index in [0.29, 0.717) is 50.0 Å². The Balaban J connectivity index is 1.57. The highest BCUT2D eigenvalue weighted by molar-refractivity contribution is 7.89. The predicted octanol–water partition coefficient (Wildman–Crippen LogP) is 3.55. The molecule has 1 aliphatic carbocycles. The van der Waals surface area contributed by atoms with Gasteiger partial charge in [-0.3, -0.25) is 4.79 Å². The van der Waals surface area contributed by atoms with Gasteiger partial charge in [-0.2, -0.15) is 0 Å². The number of sulfonamides is 1. The van der Waals surface area contributed by atoms with Crippen molar-refractivity contribution in [1.29, 1.82) is 0 Å². The number of fused-ring (bicyclic) bond motifs is 1. The lowest BCUT2D eigenvalue weighted by Crippen LogP contribution is -2.46. The van der Waals surface area contributed by atoms with Crippen molar-refractivity contribution in [3.63, 3.8) is 0 Å². The zero-order valence-electron chi connectivity index (χ0n) is 18.6. The first-order chi connectivity index (χ1) is 15.8. The van der Waals surface area contributed by atoms with Gasteiger partial charge in [-0.05, 0) is 80.3 Å². The normalized spacial score (nSPS) is 16.8. The largest absolute Gasteiger partial charge is 0.465 e. The molecule has 176 valence electrons. The van der Waals surface area contributed by atoms with E-state index in [1.54, 1.807) is 18.2 Å². The fraction of sp³-hybridized carbons (Fsp3) is 0.417. The van der Waals surface area contributed by atoms with Crippen molar-refractivity contribution < 1.29 is 23.1 Å². The molecule has 1 aliphatic heterocycles. The predicted molar refractivity (Wildman–Crippen MR) is 125 cm³/mol. The van der Waals surface area contributed by atoms with Gasteiger partial charge < -0.3 is 15.3 Å². The fourth-order valence-corrected chi connectivity index (χ4v) is 6.29. The van der Waals surface area contributed by atoms with Gasteiger partial charge in [0.15, 0.2) is 0 Å². The van der Waals surface area contributed by atoms with Gasteiger partial charge in [-0.15, -0.1) is 0 Å². The minimum absolute atomic E-state index is 0.209. The van der Waals surface area contributed by atoms with Crippen molar-refractivity contribution in [1.82, 2.24) is 9.62 Å². The second-order valence-electron chi connectivity index (χ2n) is 8.71. The number of nitrogens with zero attached hydrogens (tertiary/aromatic N) is 1. The highest BCUT2D eigenvalue weighted by Gasteiger charge is 2.30. The minimum atomic E-state index is -3.77. The van der Waals surface area contributed by atoms with Crippen LogP contribution in [0, 0.1) is 6.92 Å². The number of nitrogens with one attached hydrogen (secondary N) is 2. The molecule has 0 atom stereocenters. The van der Waals surface area contributed by atoms with E-state index in [9.17, 15) is 18.0 Å². The second kappa shape index (κ2) is 9.52. The van der Waals surface area contributed by atoms with E-state index in [4.69, 9.17) is 5.11 Å². The molecule has 2 aromatic rings. The summed E-state index contributed by atoms with van der Waals surface area (Å²) >= 11 is 0. The molecule has 1 heterocycles. The van der Waals surface area contributed by atoms with Gasteiger partial charge in [0, 0.05) is 30.4 Å². The summed E-state index contributed by atoms with van der Waals surface area (Å²) in [5.41, 5.74) is 3.77. The molecule has 1 fully saturated rings. The number of likely N-dealkylation sites (tertiary alicyclic amines) is 1. The van der Waals surface area contributed by atoms with Crippen LogP contribution in [0.3, 0.4) is 0 Å². The van der Waals surface area contributed by atoms with Crippen LogP contribution < -0.4 is 10.0 Å². The maximum absolute atomic E-state index is 13.3. The summed E-state index contributed by atoms with van der Waals surface area (Å²) in [5.74, 6) is -0.209. The van der Waals surface area contributed by atoms with E-state index in [2.05, 4.69) is 10.0 Å². The van der Waals surface area contributed by atoms with Crippen molar-refractivity contribution in [2.75, 3.05) is 18.4 Å². The molecule has 3 N–H and O–H groups in total. The number of hydrogen-bond donors (Lipinski definition) is 3. The number of hydrogen-bond acceptors (Lipinski definition) is 4. The van der Waals surface area contributed by atoms with Gasteiger partial charge in [0.1, 0.15) is 0 Å². The molecule has 2 amide bonds. The Morgan fingerprint density at radius 3 is 2.33 bits per heavy atom. The van der Waals surface area contributed by atoms with Gasteiger partial charge in [0.25, 0.3) is 5.91 Å². The molecular formula is C24H29N3O5S. The minimum Gasteiger partial charge on any atom is -0.465 e. The summed E-state index contributed by atoms with van der Waals surface area (Å²) in [7, 11) is -3.77.